The molecule has 12 nitrogen and oxygen atoms in total. The number of carbonyl (C=O) groups is 4. The number of carbonyl (C=O) groups excluding carboxylic acids is 4. The zero-order valence-corrected chi connectivity index (χ0v) is 29.3. The highest BCUT2D eigenvalue weighted by molar-refractivity contribution is 6.07. The monoisotopic (exact) mass is 667 g/mol. The summed E-state index contributed by atoms with van der Waals surface area (Å²) in [6.07, 6.45) is 7.71. The number of rotatable bonds is 9. The van der Waals surface area contributed by atoms with Crippen LogP contribution in [-0.4, -0.2) is 102 Å². The number of methoxy groups -OCH3 is 2. The summed E-state index contributed by atoms with van der Waals surface area (Å²) in [4.78, 5) is 57.1. The standard InChI is InChI=1S/C36H53N5O7/c1-36(2,3)48-35(45)37-28(14-16-31(42)39-19-9-6-10-20-39)34(44)40-21-17-25(18-22-40)41-33(43)27-12-8-7-11-26(27)32(38-41)24-13-15-29(46-4)30(23-24)47-5/h13,15,23,25-28H,6-12,14,16-22H2,1-5H3,(H,37,45)/t26-,27+,28-/m0/s1. The predicted molar refractivity (Wildman–Crippen MR) is 181 cm³/mol. The zero-order valence-electron chi connectivity index (χ0n) is 29.3. The number of amides is 4. The number of alkyl carbamates (subject to hydrolysis) is 1. The predicted octanol–water partition coefficient (Wildman–Crippen LogP) is 4.73. The van der Waals surface area contributed by atoms with Gasteiger partial charge < -0.3 is 29.3 Å². The van der Waals surface area contributed by atoms with E-state index < -0.39 is 17.7 Å². The fourth-order valence-electron chi connectivity index (χ4n) is 7.52. The minimum absolute atomic E-state index is 0.00460. The first-order valence-electron chi connectivity index (χ1n) is 17.7. The third kappa shape index (κ3) is 8.41. The van der Waals surface area contributed by atoms with Gasteiger partial charge in [0.2, 0.25) is 17.7 Å². The first kappa shape index (κ1) is 35.5. The van der Waals surface area contributed by atoms with Crippen molar-refractivity contribution in [1.29, 1.82) is 0 Å². The number of benzene rings is 1. The number of hydrogen-bond acceptors (Lipinski definition) is 8. The third-order valence-electron chi connectivity index (χ3n) is 10.0. The molecule has 4 amide bonds. The van der Waals surface area contributed by atoms with Gasteiger partial charge in [0.05, 0.1) is 26.0 Å². The molecule has 48 heavy (non-hydrogen) atoms. The molecule has 4 aliphatic rings. The normalized spacial score (nSPS) is 22.7. The maximum Gasteiger partial charge on any atom is 0.408 e. The third-order valence-corrected chi connectivity index (χ3v) is 10.0. The fourth-order valence-corrected chi connectivity index (χ4v) is 7.52. The number of ether oxygens (including phenoxy) is 3. The number of nitrogens with zero attached hydrogens (tertiary/aromatic N) is 4. The zero-order chi connectivity index (χ0) is 34.4. The topological polar surface area (TPSA) is 130 Å². The average molecular weight is 668 g/mol. The lowest BCUT2D eigenvalue weighted by atomic mass is 9.73. The first-order valence-corrected chi connectivity index (χ1v) is 17.7. The molecule has 2 saturated heterocycles. The molecule has 1 saturated carbocycles. The summed E-state index contributed by atoms with van der Waals surface area (Å²) in [5.41, 5.74) is 1.09. The summed E-state index contributed by atoms with van der Waals surface area (Å²) in [7, 11) is 3.22. The number of fused-ring (bicyclic) bond motifs is 1. The molecule has 5 rings (SSSR count). The minimum atomic E-state index is -0.889. The molecule has 12 heteroatoms. The van der Waals surface area contributed by atoms with Crippen LogP contribution in [0.25, 0.3) is 0 Å². The Kier molecular flexibility index (Phi) is 11.5. The molecule has 3 atom stereocenters. The molecule has 1 aromatic carbocycles. The van der Waals surface area contributed by atoms with Crippen LogP contribution >= 0.6 is 0 Å². The summed E-state index contributed by atoms with van der Waals surface area (Å²) in [6, 6.07) is 4.75. The molecule has 1 aromatic rings. The number of hydrogen-bond donors (Lipinski definition) is 1. The second-order valence-corrected chi connectivity index (χ2v) is 14.5. The van der Waals surface area contributed by atoms with E-state index >= 15 is 0 Å². The van der Waals surface area contributed by atoms with Gasteiger partial charge in [-0.1, -0.05) is 12.8 Å². The van der Waals surface area contributed by atoms with Crippen LogP contribution in [0.15, 0.2) is 23.3 Å². The Morgan fingerprint density at radius 2 is 1.54 bits per heavy atom. The van der Waals surface area contributed by atoms with E-state index in [2.05, 4.69) is 5.32 Å². The van der Waals surface area contributed by atoms with Crippen LogP contribution in [-0.2, 0) is 19.1 Å². The lowest BCUT2D eigenvalue weighted by molar-refractivity contribution is -0.143. The van der Waals surface area contributed by atoms with Gasteiger partial charge >= 0.3 is 6.09 Å². The molecular formula is C36H53N5O7. The summed E-state index contributed by atoms with van der Waals surface area (Å²) < 4.78 is 16.5. The van der Waals surface area contributed by atoms with Gasteiger partial charge in [-0.05, 0) is 90.3 Å². The van der Waals surface area contributed by atoms with E-state index in [0.717, 1.165) is 69.3 Å². The van der Waals surface area contributed by atoms with E-state index in [1.807, 2.05) is 23.1 Å². The van der Waals surface area contributed by atoms with Crippen LogP contribution in [0.5, 0.6) is 11.5 Å². The van der Waals surface area contributed by atoms with Crippen molar-refractivity contribution in [3.8, 4) is 11.5 Å². The molecule has 3 heterocycles. The summed E-state index contributed by atoms with van der Waals surface area (Å²) in [6.45, 7) is 7.60. The smallest absolute Gasteiger partial charge is 0.408 e. The summed E-state index contributed by atoms with van der Waals surface area (Å²) in [5, 5.41) is 9.47. The van der Waals surface area contributed by atoms with Crippen molar-refractivity contribution >= 4 is 29.5 Å². The van der Waals surface area contributed by atoms with Gasteiger partial charge in [0.1, 0.15) is 11.6 Å². The van der Waals surface area contributed by atoms with Crippen LogP contribution < -0.4 is 14.8 Å². The Hall–Kier alpha value is -3.83. The summed E-state index contributed by atoms with van der Waals surface area (Å²) >= 11 is 0. The van der Waals surface area contributed by atoms with E-state index in [1.165, 1.54) is 0 Å². The van der Waals surface area contributed by atoms with Crippen molar-refractivity contribution in [3.63, 3.8) is 0 Å². The molecule has 3 fully saturated rings. The molecule has 0 aromatic heterocycles. The van der Waals surface area contributed by atoms with Crippen molar-refractivity contribution in [2.45, 2.75) is 109 Å². The molecule has 0 spiro atoms. The van der Waals surface area contributed by atoms with Crippen LogP contribution in [0.1, 0.15) is 97.0 Å². The second-order valence-electron chi connectivity index (χ2n) is 14.5. The quantitative estimate of drug-likeness (QED) is 0.403. The van der Waals surface area contributed by atoms with Gasteiger partial charge in [0, 0.05) is 50.0 Å². The maximum absolute atomic E-state index is 13.9. The highest BCUT2D eigenvalue weighted by Crippen LogP contribution is 2.40. The SMILES string of the molecule is COc1ccc(C2=NN(C3CCN(C(=O)[C@H](CCC(=O)N4CCCCC4)NC(=O)OC(C)(C)C)CC3)C(=O)[C@@H]3CCCC[C@H]23)cc1OC. The van der Waals surface area contributed by atoms with Gasteiger partial charge in [0.15, 0.2) is 11.5 Å². The molecule has 1 aliphatic carbocycles. The van der Waals surface area contributed by atoms with Crippen LogP contribution in [0.4, 0.5) is 4.79 Å². The van der Waals surface area contributed by atoms with Crippen molar-refractivity contribution in [2.75, 3.05) is 40.4 Å². The fraction of sp³-hybridized carbons (Fsp3) is 0.694. The molecule has 0 radical (unpaired) electrons. The second kappa shape index (κ2) is 15.6. The molecular weight excluding hydrogens is 614 g/mol. The highest BCUT2D eigenvalue weighted by Gasteiger charge is 2.44. The number of likely N-dealkylation sites (tertiary alicyclic amines) is 2. The average Bonchev–Trinajstić information content (AvgIpc) is 3.09. The van der Waals surface area contributed by atoms with Gasteiger partial charge in [-0.15, -0.1) is 0 Å². The molecule has 264 valence electrons. The number of hydrazone groups is 1. The Labute approximate surface area is 284 Å². The van der Waals surface area contributed by atoms with Crippen LogP contribution in [0.2, 0.25) is 0 Å². The summed E-state index contributed by atoms with van der Waals surface area (Å²) in [5.74, 6) is 1.01. The van der Waals surface area contributed by atoms with Crippen LogP contribution in [0, 0.1) is 11.8 Å². The lowest BCUT2D eigenvalue weighted by Crippen LogP contribution is -2.55. The molecule has 1 N–H and O–H groups in total. The highest BCUT2D eigenvalue weighted by atomic mass is 16.6. The maximum atomic E-state index is 13.9. The van der Waals surface area contributed by atoms with E-state index in [9.17, 15) is 19.2 Å². The Bertz CT molecular complexity index is 1360. The van der Waals surface area contributed by atoms with Gasteiger partial charge in [0.25, 0.3) is 0 Å². The van der Waals surface area contributed by atoms with Gasteiger partial charge in [-0.2, -0.15) is 5.10 Å². The van der Waals surface area contributed by atoms with Crippen molar-refractivity contribution < 1.29 is 33.4 Å². The lowest BCUT2D eigenvalue weighted by Gasteiger charge is -2.43. The number of nitrogens with one attached hydrogen (secondary N) is 1. The molecule has 0 unspecified atom stereocenters. The van der Waals surface area contributed by atoms with Crippen molar-refractivity contribution in [3.05, 3.63) is 23.8 Å². The Balaban J connectivity index is 1.29. The van der Waals surface area contributed by atoms with E-state index in [-0.39, 0.29) is 48.4 Å². The van der Waals surface area contributed by atoms with E-state index in [4.69, 9.17) is 19.3 Å². The van der Waals surface area contributed by atoms with Crippen molar-refractivity contribution in [2.24, 2.45) is 16.9 Å². The van der Waals surface area contributed by atoms with Crippen molar-refractivity contribution in [1.82, 2.24) is 20.1 Å². The van der Waals surface area contributed by atoms with E-state index in [1.54, 1.807) is 44.9 Å². The van der Waals surface area contributed by atoms with E-state index in [0.29, 0.717) is 37.4 Å². The van der Waals surface area contributed by atoms with Gasteiger partial charge in [-0.3, -0.25) is 14.4 Å². The molecule has 0 bridgehead atoms. The largest absolute Gasteiger partial charge is 0.493 e. The Morgan fingerprint density at radius 1 is 0.875 bits per heavy atom. The number of piperidine rings is 2. The van der Waals surface area contributed by atoms with Crippen LogP contribution in [0.3, 0.4) is 0 Å². The minimum Gasteiger partial charge on any atom is -0.493 e. The first-order chi connectivity index (χ1) is 23.0. The Morgan fingerprint density at radius 3 is 2.19 bits per heavy atom. The van der Waals surface area contributed by atoms with Gasteiger partial charge in [-0.25, -0.2) is 9.80 Å². The molecule has 3 aliphatic heterocycles.